The minimum Gasteiger partial charge on any atom is -0.357 e. The van der Waals surface area contributed by atoms with Gasteiger partial charge in [-0.2, -0.15) is 0 Å². The van der Waals surface area contributed by atoms with E-state index in [9.17, 15) is 4.39 Å². The number of halogens is 1. The van der Waals surface area contributed by atoms with Crippen LogP contribution in [0.25, 0.3) is 0 Å². The van der Waals surface area contributed by atoms with Gasteiger partial charge in [0, 0.05) is 39.4 Å². The van der Waals surface area contributed by atoms with Crippen LogP contribution < -0.4 is 15.5 Å². The molecule has 0 unspecified atom stereocenters. The van der Waals surface area contributed by atoms with Crippen LogP contribution in [0.4, 0.5) is 10.2 Å². The molecule has 1 aromatic heterocycles. The molecule has 1 aromatic carbocycles. The summed E-state index contributed by atoms with van der Waals surface area (Å²) in [5.41, 5.74) is 2.09. The van der Waals surface area contributed by atoms with E-state index in [4.69, 9.17) is 0 Å². The molecule has 0 bridgehead atoms. The molecule has 150 valence electrons. The molecule has 0 saturated carbocycles. The van der Waals surface area contributed by atoms with Crippen molar-refractivity contribution in [1.82, 2.24) is 15.6 Å². The molecular weight excluding hydrogens is 353 g/mol. The summed E-state index contributed by atoms with van der Waals surface area (Å²) in [6.45, 7) is 3.56. The van der Waals surface area contributed by atoms with Crippen molar-refractivity contribution in [2.24, 2.45) is 4.99 Å². The van der Waals surface area contributed by atoms with Crippen LogP contribution in [0.15, 0.2) is 47.6 Å². The zero-order valence-electron chi connectivity index (χ0n) is 16.6. The molecule has 1 aliphatic rings. The highest BCUT2D eigenvalue weighted by molar-refractivity contribution is 5.79. The lowest BCUT2D eigenvalue weighted by atomic mass is 10.1. The normalized spacial score (nSPS) is 15.2. The minimum atomic E-state index is -0.198. The highest BCUT2D eigenvalue weighted by Gasteiger charge is 2.10. The zero-order valence-corrected chi connectivity index (χ0v) is 16.6. The fraction of sp³-hybridized carbons (Fsp3) is 0.455. The predicted molar refractivity (Wildman–Crippen MR) is 113 cm³/mol. The Hall–Kier alpha value is -2.63. The van der Waals surface area contributed by atoms with Crippen molar-refractivity contribution in [2.75, 3.05) is 31.6 Å². The summed E-state index contributed by atoms with van der Waals surface area (Å²) in [5.74, 6) is 1.60. The van der Waals surface area contributed by atoms with Gasteiger partial charge in [0.2, 0.25) is 0 Å². The van der Waals surface area contributed by atoms with Gasteiger partial charge in [-0.3, -0.25) is 4.99 Å². The maximum atomic E-state index is 13.2. The Morgan fingerprint density at radius 1 is 1.07 bits per heavy atom. The van der Waals surface area contributed by atoms with Crippen LogP contribution in [0.5, 0.6) is 0 Å². The largest absolute Gasteiger partial charge is 0.357 e. The highest BCUT2D eigenvalue weighted by Crippen LogP contribution is 2.17. The van der Waals surface area contributed by atoms with Crippen LogP contribution in [0.1, 0.15) is 36.8 Å². The van der Waals surface area contributed by atoms with Crippen molar-refractivity contribution in [1.29, 1.82) is 0 Å². The van der Waals surface area contributed by atoms with Crippen molar-refractivity contribution in [3.05, 3.63) is 59.5 Å². The molecule has 0 radical (unpaired) electrons. The number of hydrogen-bond acceptors (Lipinski definition) is 3. The summed E-state index contributed by atoms with van der Waals surface area (Å²) in [6.07, 6.45) is 7.83. The summed E-state index contributed by atoms with van der Waals surface area (Å²) in [7, 11) is 1.75. The van der Waals surface area contributed by atoms with Crippen molar-refractivity contribution in [3.8, 4) is 0 Å². The number of nitrogens with one attached hydrogen (secondary N) is 2. The van der Waals surface area contributed by atoms with Crippen LogP contribution in [0, 0.1) is 5.82 Å². The lowest BCUT2D eigenvalue weighted by molar-refractivity contribution is 0.625. The molecule has 1 fully saturated rings. The van der Waals surface area contributed by atoms with Gasteiger partial charge in [-0.1, -0.05) is 31.0 Å². The van der Waals surface area contributed by atoms with Gasteiger partial charge in [-0.15, -0.1) is 0 Å². The van der Waals surface area contributed by atoms with Crippen LogP contribution in [0.2, 0.25) is 0 Å². The Kier molecular flexibility index (Phi) is 7.64. The molecule has 1 aliphatic heterocycles. The van der Waals surface area contributed by atoms with E-state index >= 15 is 0 Å². The molecule has 6 heteroatoms. The molecule has 0 amide bonds. The average molecular weight is 384 g/mol. The van der Waals surface area contributed by atoms with E-state index in [0.29, 0.717) is 13.1 Å². The summed E-state index contributed by atoms with van der Waals surface area (Å²) in [4.78, 5) is 11.3. The van der Waals surface area contributed by atoms with Crippen molar-refractivity contribution in [3.63, 3.8) is 0 Å². The van der Waals surface area contributed by atoms with Crippen LogP contribution >= 0.6 is 0 Å². The van der Waals surface area contributed by atoms with E-state index in [1.54, 1.807) is 19.2 Å². The Balaban J connectivity index is 1.44. The maximum absolute atomic E-state index is 13.2. The van der Waals surface area contributed by atoms with Crippen LogP contribution in [-0.4, -0.2) is 37.6 Å². The molecule has 2 heterocycles. The molecule has 3 rings (SSSR count). The van der Waals surface area contributed by atoms with Crippen molar-refractivity contribution >= 4 is 11.8 Å². The summed E-state index contributed by atoms with van der Waals surface area (Å²) in [5, 5.41) is 6.57. The summed E-state index contributed by atoms with van der Waals surface area (Å²) in [6, 6.07) is 10.9. The van der Waals surface area contributed by atoms with Gasteiger partial charge >= 0.3 is 0 Å². The Morgan fingerprint density at radius 2 is 1.89 bits per heavy atom. The lowest BCUT2D eigenvalue weighted by Crippen LogP contribution is -2.37. The first-order valence-corrected chi connectivity index (χ1v) is 10.1. The molecule has 28 heavy (non-hydrogen) atoms. The number of rotatable bonds is 6. The summed E-state index contributed by atoms with van der Waals surface area (Å²) < 4.78 is 13.2. The topological polar surface area (TPSA) is 52.6 Å². The lowest BCUT2D eigenvalue weighted by Gasteiger charge is -2.21. The number of guanidine groups is 1. The van der Waals surface area contributed by atoms with Gasteiger partial charge in [-0.05, 0) is 48.6 Å². The maximum Gasteiger partial charge on any atom is 0.191 e. The number of hydrogen-bond donors (Lipinski definition) is 2. The van der Waals surface area contributed by atoms with Gasteiger partial charge in [0.25, 0.3) is 0 Å². The van der Waals surface area contributed by atoms with E-state index in [1.807, 2.05) is 12.3 Å². The molecular formula is C22H30FN5. The monoisotopic (exact) mass is 383 g/mol. The third-order valence-corrected chi connectivity index (χ3v) is 5.02. The first kappa shape index (κ1) is 20.1. The Morgan fingerprint density at radius 3 is 2.57 bits per heavy atom. The third-order valence-electron chi connectivity index (χ3n) is 5.02. The number of benzene rings is 1. The molecule has 0 atom stereocenters. The van der Waals surface area contributed by atoms with Gasteiger partial charge in [0.05, 0.1) is 0 Å². The van der Waals surface area contributed by atoms with E-state index in [2.05, 4.69) is 37.6 Å². The second-order valence-electron chi connectivity index (χ2n) is 7.16. The number of aliphatic imine (C=N–C) groups is 1. The van der Waals surface area contributed by atoms with E-state index < -0.39 is 0 Å². The average Bonchev–Trinajstić information content (AvgIpc) is 3.00. The Bertz CT molecular complexity index is 752. The second-order valence-corrected chi connectivity index (χ2v) is 7.16. The highest BCUT2D eigenvalue weighted by atomic mass is 19.1. The molecule has 0 spiro atoms. The fourth-order valence-corrected chi connectivity index (χ4v) is 3.43. The molecule has 0 aliphatic carbocycles. The third kappa shape index (κ3) is 6.22. The van der Waals surface area contributed by atoms with Crippen LogP contribution in [0.3, 0.4) is 0 Å². The molecule has 5 nitrogen and oxygen atoms in total. The number of nitrogens with zero attached hydrogens (tertiary/aromatic N) is 3. The smallest absolute Gasteiger partial charge is 0.191 e. The van der Waals surface area contributed by atoms with Gasteiger partial charge in [-0.25, -0.2) is 9.37 Å². The number of pyridine rings is 1. The predicted octanol–water partition coefficient (Wildman–Crippen LogP) is 3.51. The number of anilines is 1. The zero-order chi connectivity index (χ0) is 19.6. The van der Waals surface area contributed by atoms with Crippen molar-refractivity contribution in [2.45, 2.75) is 38.6 Å². The molecule has 1 saturated heterocycles. The van der Waals surface area contributed by atoms with Crippen molar-refractivity contribution < 1.29 is 4.39 Å². The minimum absolute atomic E-state index is 0.198. The second kappa shape index (κ2) is 10.6. The first-order chi connectivity index (χ1) is 13.7. The quantitative estimate of drug-likeness (QED) is 0.592. The van der Waals surface area contributed by atoms with Gasteiger partial charge in [0.15, 0.2) is 5.96 Å². The van der Waals surface area contributed by atoms with E-state index in [-0.39, 0.29) is 5.82 Å². The fourth-order valence-electron chi connectivity index (χ4n) is 3.43. The molecule has 2 N–H and O–H groups in total. The van der Waals surface area contributed by atoms with E-state index in [1.165, 1.54) is 31.7 Å². The SMILES string of the molecule is CN=C(NCCc1cccc(F)c1)NCc1ccc(N2CCCCCC2)nc1. The Labute approximate surface area is 167 Å². The summed E-state index contributed by atoms with van der Waals surface area (Å²) >= 11 is 0. The van der Waals surface area contributed by atoms with E-state index in [0.717, 1.165) is 42.4 Å². The molecule has 2 aromatic rings. The number of aromatic nitrogens is 1. The standard InChI is InChI=1S/C22H30FN5/c1-24-22(25-12-11-18-7-6-8-20(23)15-18)27-17-19-9-10-21(26-16-19)28-13-4-2-3-5-14-28/h6-10,15-16H,2-5,11-14,17H2,1H3,(H2,24,25,27). The van der Waals surface area contributed by atoms with Gasteiger partial charge in [0.1, 0.15) is 11.6 Å². The first-order valence-electron chi connectivity index (χ1n) is 10.1. The van der Waals surface area contributed by atoms with Crippen LogP contribution in [-0.2, 0) is 13.0 Å². The van der Waals surface area contributed by atoms with Gasteiger partial charge < -0.3 is 15.5 Å².